The molecule has 0 bridgehead atoms. The molecule has 1 unspecified atom stereocenters. The second kappa shape index (κ2) is 8.09. The molecule has 0 nitrogen and oxygen atoms in total. The molecule has 0 aromatic carbocycles. The average Bonchev–Trinajstić information content (AvgIpc) is 1.98. The van der Waals surface area contributed by atoms with Crippen molar-refractivity contribution in [1.82, 2.24) is 0 Å². The molecule has 0 radical (unpaired) electrons. The molecule has 0 saturated heterocycles. The monoisotopic (exact) mass is 198 g/mol. The lowest BCUT2D eigenvalue weighted by Crippen LogP contribution is -1.98. The Labute approximate surface area is 77.5 Å². The first-order chi connectivity index (χ1) is 4.81. The Morgan fingerprint density at radius 3 is 2.60 bits per heavy atom. The number of hydrogen-bond acceptors (Lipinski definition) is 2. The van der Waals surface area contributed by atoms with Crippen LogP contribution >= 0.6 is 35.1 Å². The van der Waals surface area contributed by atoms with Crippen LogP contribution in [0.4, 0.5) is 0 Å². The number of thioether (sulfide) groups is 2. The highest BCUT2D eigenvalue weighted by Crippen LogP contribution is 2.13. The zero-order chi connectivity index (χ0) is 7.82. The molecule has 10 heavy (non-hydrogen) atoms. The molecule has 0 spiro atoms. The van der Waals surface area contributed by atoms with Crippen molar-refractivity contribution in [2.75, 3.05) is 23.6 Å². The molecule has 62 valence electrons. The van der Waals surface area contributed by atoms with Gasteiger partial charge in [0.25, 0.3) is 0 Å². The summed E-state index contributed by atoms with van der Waals surface area (Å²) < 4.78 is 0. The molecule has 0 fully saturated rings. The third-order valence-electron chi connectivity index (χ3n) is 1.11. The zero-order valence-corrected chi connectivity index (χ0v) is 8.99. The average molecular weight is 199 g/mol. The third-order valence-corrected chi connectivity index (χ3v) is 3.72. The topological polar surface area (TPSA) is 0 Å². The lowest BCUT2D eigenvalue weighted by Gasteiger charge is -2.05. The Morgan fingerprint density at radius 1 is 1.40 bits per heavy atom. The van der Waals surface area contributed by atoms with Gasteiger partial charge >= 0.3 is 0 Å². The molecule has 0 aromatic heterocycles. The summed E-state index contributed by atoms with van der Waals surface area (Å²) in [5.74, 6) is 3.32. The van der Waals surface area contributed by atoms with E-state index in [1.54, 1.807) is 0 Å². The Hall–Kier alpha value is 0.990. The van der Waals surface area contributed by atoms with Gasteiger partial charge in [0.15, 0.2) is 0 Å². The van der Waals surface area contributed by atoms with Crippen LogP contribution < -0.4 is 0 Å². The van der Waals surface area contributed by atoms with Crippen molar-refractivity contribution in [3.63, 3.8) is 0 Å². The van der Waals surface area contributed by atoms with Gasteiger partial charge in [0.2, 0.25) is 0 Å². The van der Waals surface area contributed by atoms with Crippen molar-refractivity contribution in [3.05, 3.63) is 0 Å². The molecule has 0 aliphatic heterocycles. The highest BCUT2D eigenvalue weighted by Gasteiger charge is 1.98. The van der Waals surface area contributed by atoms with Gasteiger partial charge in [-0.2, -0.15) is 23.5 Å². The lowest BCUT2D eigenvalue weighted by atomic mass is 10.6. The minimum absolute atomic E-state index is 0.628. The van der Waals surface area contributed by atoms with Crippen LogP contribution in [0.15, 0.2) is 0 Å². The predicted octanol–water partition coefficient (Wildman–Crippen LogP) is 3.10. The van der Waals surface area contributed by atoms with Crippen molar-refractivity contribution in [1.29, 1.82) is 0 Å². The van der Waals surface area contributed by atoms with E-state index in [2.05, 4.69) is 13.2 Å². The summed E-state index contributed by atoms with van der Waals surface area (Å²) in [6, 6.07) is 0. The second-order valence-corrected chi connectivity index (χ2v) is 5.02. The number of rotatable bonds is 6. The van der Waals surface area contributed by atoms with Crippen LogP contribution in [0.3, 0.4) is 0 Å². The Balaban J connectivity index is 2.89. The van der Waals surface area contributed by atoms with Gasteiger partial charge in [0.1, 0.15) is 0 Å². The highest BCUT2D eigenvalue weighted by molar-refractivity contribution is 8.00. The zero-order valence-electron chi connectivity index (χ0n) is 6.60. The Morgan fingerprint density at radius 2 is 2.10 bits per heavy atom. The summed E-state index contributed by atoms with van der Waals surface area (Å²) in [5, 5.41) is 0.628. The van der Waals surface area contributed by atoms with E-state index in [0.29, 0.717) is 5.25 Å². The van der Waals surface area contributed by atoms with Gasteiger partial charge in [-0.1, -0.05) is 6.92 Å². The first-order valence-corrected chi connectivity index (χ1v) is 6.45. The predicted molar refractivity (Wildman–Crippen MR) is 55.6 cm³/mol. The summed E-state index contributed by atoms with van der Waals surface area (Å²) in [4.78, 5) is 0. The van der Waals surface area contributed by atoms with Gasteiger partial charge in [-0.05, 0) is 24.2 Å². The van der Waals surface area contributed by atoms with Gasteiger partial charge in [-0.15, -0.1) is 11.6 Å². The summed E-state index contributed by atoms with van der Waals surface area (Å²) in [6.07, 6.45) is 3.46. The van der Waals surface area contributed by atoms with Crippen molar-refractivity contribution in [2.24, 2.45) is 0 Å². The van der Waals surface area contributed by atoms with E-state index >= 15 is 0 Å². The number of halogens is 1. The van der Waals surface area contributed by atoms with E-state index in [-0.39, 0.29) is 0 Å². The standard InChI is InChI=1S/C7H15ClS2/c1-7(6-8)10-5-3-4-9-2/h7H,3-6H2,1-2H3. The van der Waals surface area contributed by atoms with Crippen molar-refractivity contribution < 1.29 is 0 Å². The Bertz CT molecular complexity index is 68.6. The van der Waals surface area contributed by atoms with Crippen molar-refractivity contribution >= 4 is 35.1 Å². The van der Waals surface area contributed by atoms with E-state index in [4.69, 9.17) is 11.6 Å². The maximum atomic E-state index is 5.64. The van der Waals surface area contributed by atoms with Gasteiger partial charge in [-0.3, -0.25) is 0 Å². The van der Waals surface area contributed by atoms with Crippen LogP contribution in [0, 0.1) is 0 Å². The quantitative estimate of drug-likeness (QED) is 0.475. The van der Waals surface area contributed by atoms with Crippen LogP contribution in [0.2, 0.25) is 0 Å². The van der Waals surface area contributed by atoms with Crippen LogP contribution in [0.5, 0.6) is 0 Å². The minimum Gasteiger partial charge on any atom is -0.165 e. The van der Waals surface area contributed by atoms with Crippen LogP contribution in [0.1, 0.15) is 13.3 Å². The lowest BCUT2D eigenvalue weighted by molar-refractivity contribution is 1.08. The summed E-state index contributed by atoms with van der Waals surface area (Å²) >= 11 is 9.52. The molecule has 1 atom stereocenters. The molecular formula is C7H15ClS2. The van der Waals surface area contributed by atoms with Crippen molar-refractivity contribution in [2.45, 2.75) is 18.6 Å². The molecule has 0 amide bonds. The summed E-state index contributed by atoms with van der Waals surface area (Å²) in [5.41, 5.74) is 0. The molecule has 0 aliphatic rings. The van der Waals surface area contributed by atoms with Crippen LogP contribution in [-0.4, -0.2) is 28.9 Å². The SMILES string of the molecule is CSCCCSC(C)CCl. The maximum absolute atomic E-state index is 5.64. The molecule has 0 aromatic rings. The molecule has 3 heteroatoms. The van der Waals surface area contributed by atoms with Gasteiger partial charge in [-0.25, -0.2) is 0 Å². The summed E-state index contributed by atoms with van der Waals surface area (Å²) in [7, 11) is 0. The first-order valence-electron chi connectivity index (χ1n) is 3.47. The van der Waals surface area contributed by atoms with E-state index in [1.165, 1.54) is 17.9 Å². The van der Waals surface area contributed by atoms with Crippen molar-refractivity contribution in [3.8, 4) is 0 Å². The maximum Gasteiger partial charge on any atom is 0.0339 e. The van der Waals surface area contributed by atoms with E-state index in [0.717, 1.165) is 5.88 Å². The number of hydrogen-bond donors (Lipinski definition) is 0. The van der Waals surface area contributed by atoms with Crippen LogP contribution in [-0.2, 0) is 0 Å². The van der Waals surface area contributed by atoms with Gasteiger partial charge in [0.05, 0.1) is 0 Å². The van der Waals surface area contributed by atoms with Gasteiger partial charge < -0.3 is 0 Å². The largest absolute Gasteiger partial charge is 0.165 e. The minimum atomic E-state index is 0.628. The number of alkyl halides is 1. The molecule has 0 aliphatic carbocycles. The smallest absolute Gasteiger partial charge is 0.0339 e. The normalized spacial score (nSPS) is 13.5. The van der Waals surface area contributed by atoms with E-state index in [1.807, 2.05) is 23.5 Å². The van der Waals surface area contributed by atoms with Crippen LogP contribution in [0.25, 0.3) is 0 Å². The molecule has 0 N–H and O–H groups in total. The molecular weight excluding hydrogens is 184 g/mol. The summed E-state index contributed by atoms with van der Waals surface area (Å²) in [6.45, 7) is 2.18. The fourth-order valence-corrected chi connectivity index (χ4v) is 2.22. The van der Waals surface area contributed by atoms with E-state index < -0.39 is 0 Å². The highest BCUT2D eigenvalue weighted by atomic mass is 35.5. The first kappa shape index (κ1) is 11.0. The van der Waals surface area contributed by atoms with Gasteiger partial charge in [0, 0.05) is 11.1 Å². The Kier molecular flexibility index (Phi) is 8.89. The molecule has 0 rings (SSSR count). The third kappa shape index (κ3) is 7.10. The fourth-order valence-electron chi connectivity index (χ4n) is 0.532. The fraction of sp³-hybridized carbons (Fsp3) is 1.00. The second-order valence-electron chi connectivity index (χ2n) is 2.18. The molecule has 0 saturated carbocycles. The molecule has 0 heterocycles. The van der Waals surface area contributed by atoms with E-state index in [9.17, 15) is 0 Å².